The van der Waals surface area contributed by atoms with Crippen LogP contribution in [0.5, 0.6) is 0 Å². The summed E-state index contributed by atoms with van der Waals surface area (Å²) in [5.41, 5.74) is 0.837. The summed E-state index contributed by atoms with van der Waals surface area (Å²) in [4.78, 5) is 12.0. The normalized spacial score (nSPS) is 10.4. The molecule has 0 saturated carbocycles. The van der Waals surface area contributed by atoms with Gasteiger partial charge in [-0.25, -0.2) is 0 Å². The Morgan fingerprint density at radius 1 is 1.05 bits per heavy atom. The van der Waals surface area contributed by atoms with Crippen molar-refractivity contribution in [1.29, 1.82) is 0 Å². The highest BCUT2D eigenvalue weighted by atomic mass is 79.9. The molecule has 3 rings (SSSR count). The van der Waals surface area contributed by atoms with Gasteiger partial charge in [-0.2, -0.15) is 0 Å². The van der Waals surface area contributed by atoms with E-state index in [0.717, 1.165) is 16.5 Å². The van der Waals surface area contributed by atoms with Gasteiger partial charge in [0.15, 0.2) is 15.5 Å². The van der Waals surface area contributed by atoms with Crippen LogP contribution in [-0.2, 0) is 0 Å². The lowest BCUT2D eigenvalue weighted by Gasteiger charge is -2.11. The first-order valence-corrected chi connectivity index (χ1v) is 7.69. The number of amides is 1. The Hall–Kier alpha value is -2.18. The molecule has 110 valence electrons. The zero-order valence-corrected chi connectivity index (χ0v) is 13.7. The van der Waals surface area contributed by atoms with Crippen LogP contribution in [0.3, 0.4) is 0 Å². The van der Waals surface area contributed by atoms with Gasteiger partial charge in [0, 0.05) is 11.1 Å². The molecular formula is C16H11BrN2O2S. The standard InChI is InChI=1S/C16H11BrN2O2S/c17-14-9-8-13(21-14)15(20)19-16(22)18-12-7-3-5-10-4-1-2-6-11(10)12/h1-9H,(H2,18,19,20,22). The summed E-state index contributed by atoms with van der Waals surface area (Å²) in [6.07, 6.45) is 0. The van der Waals surface area contributed by atoms with Crippen molar-refractivity contribution in [2.75, 3.05) is 5.32 Å². The van der Waals surface area contributed by atoms with Gasteiger partial charge in [0.05, 0.1) is 0 Å². The van der Waals surface area contributed by atoms with Gasteiger partial charge in [-0.1, -0.05) is 36.4 Å². The van der Waals surface area contributed by atoms with Crippen molar-refractivity contribution in [2.24, 2.45) is 0 Å². The molecule has 0 bridgehead atoms. The molecule has 0 atom stereocenters. The number of fused-ring (bicyclic) bond motifs is 1. The third kappa shape index (κ3) is 3.18. The third-order valence-electron chi connectivity index (χ3n) is 3.06. The molecular weight excluding hydrogens is 364 g/mol. The summed E-state index contributed by atoms with van der Waals surface area (Å²) in [6, 6.07) is 17.0. The Balaban J connectivity index is 1.75. The number of benzene rings is 2. The molecule has 1 amide bonds. The molecule has 3 aromatic rings. The maximum Gasteiger partial charge on any atom is 0.293 e. The van der Waals surface area contributed by atoms with Gasteiger partial charge < -0.3 is 9.73 Å². The van der Waals surface area contributed by atoms with E-state index in [0.29, 0.717) is 4.67 Å². The van der Waals surface area contributed by atoms with Crippen molar-refractivity contribution in [1.82, 2.24) is 5.32 Å². The average Bonchev–Trinajstić information content (AvgIpc) is 2.94. The number of hydrogen-bond donors (Lipinski definition) is 2. The molecule has 2 aromatic carbocycles. The smallest absolute Gasteiger partial charge is 0.293 e. The maximum absolute atomic E-state index is 12.0. The molecule has 22 heavy (non-hydrogen) atoms. The summed E-state index contributed by atoms with van der Waals surface area (Å²) in [5.74, 6) is -0.211. The molecule has 0 aliphatic heterocycles. The van der Waals surface area contributed by atoms with E-state index in [9.17, 15) is 4.79 Å². The number of anilines is 1. The number of halogens is 1. The first-order chi connectivity index (χ1) is 10.6. The fourth-order valence-corrected chi connectivity index (χ4v) is 2.60. The van der Waals surface area contributed by atoms with Gasteiger partial charge in [-0.3, -0.25) is 10.1 Å². The highest BCUT2D eigenvalue weighted by Gasteiger charge is 2.12. The summed E-state index contributed by atoms with van der Waals surface area (Å²) in [6.45, 7) is 0. The minimum atomic E-state index is -0.400. The SMILES string of the molecule is O=C(NC(=S)Nc1cccc2ccccc12)c1ccc(Br)o1. The van der Waals surface area contributed by atoms with E-state index in [2.05, 4.69) is 26.6 Å². The monoisotopic (exact) mass is 374 g/mol. The molecule has 0 aliphatic rings. The molecule has 0 saturated heterocycles. The van der Waals surface area contributed by atoms with Crippen molar-refractivity contribution in [3.63, 3.8) is 0 Å². The lowest BCUT2D eigenvalue weighted by Crippen LogP contribution is -2.33. The molecule has 4 nitrogen and oxygen atoms in total. The maximum atomic E-state index is 12.0. The van der Waals surface area contributed by atoms with E-state index < -0.39 is 5.91 Å². The fraction of sp³-hybridized carbons (Fsp3) is 0. The molecule has 0 unspecified atom stereocenters. The predicted octanol–water partition coefficient (Wildman–Crippen LogP) is 4.32. The Bertz CT molecular complexity index is 855. The van der Waals surface area contributed by atoms with Crippen LogP contribution >= 0.6 is 28.1 Å². The van der Waals surface area contributed by atoms with E-state index in [1.807, 2.05) is 42.5 Å². The number of thiocarbonyl (C=S) groups is 1. The summed E-state index contributed by atoms with van der Waals surface area (Å²) in [7, 11) is 0. The van der Waals surface area contributed by atoms with Crippen LogP contribution in [0.1, 0.15) is 10.6 Å². The van der Waals surface area contributed by atoms with Crippen LogP contribution in [0.15, 0.2) is 63.7 Å². The van der Waals surface area contributed by atoms with Crippen LogP contribution in [0, 0.1) is 0 Å². The predicted molar refractivity (Wildman–Crippen MR) is 94.0 cm³/mol. The van der Waals surface area contributed by atoms with Gasteiger partial charge in [-0.05, 0) is 51.7 Å². The van der Waals surface area contributed by atoms with E-state index in [1.165, 1.54) is 0 Å². The van der Waals surface area contributed by atoms with Gasteiger partial charge in [-0.15, -0.1) is 0 Å². The first-order valence-electron chi connectivity index (χ1n) is 6.49. The number of carbonyl (C=O) groups is 1. The van der Waals surface area contributed by atoms with Gasteiger partial charge in [0.25, 0.3) is 5.91 Å². The average molecular weight is 375 g/mol. The molecule has 2 N–H and O–H groups in total. The highest BCUT2D eigenvalue weighted by Crippen LogP contribution is 2.22. The van der Waals surface area contributed by atoms with Crippen molar-refractivity contribution < 1.29 is 9.21 Å². The molecule has 0 fully saturated rings. The number of carbonyl (C=O) groups excluding carboxylic acids is 1. The topological polar surface area (TPSA) is 54.3 Å². The lowest BCUT2D eigenvalue weighted by molar-refractivity contribution is 0.0949. The van der Waals surface area contributed by atoms with Crippen molar-refractivity contribution >= 4 is 55.6 Å². The van der Waals surface area contributed by atoms with Gasteiger partial charge >= 0.3 is 0 Å². The van der Waals surface area contributed by atoms with Crippen molar-refractivity contribution in [3.05, 3.63) is 65.0 Å². The van der Waals surface area contributed by atoms with E-state index in [1.54, 1.807) is 12.1 Å². The number of rotatable bonds is 2. The van der Waals surface area contributed by atoms with Crippen LogP contribution < -0.4 is 10.6 Å². The molecule has 0 aliphatic carbocycles. The Morgan fingerprint density at radius 2 is 1.82 bits per heavy atom. The summed E-state index contributed by atoms with van der Waals surface area (Å²) in [5, 5.41) is 7.97. The van der Waals surface area contributed by atoms with Crippen LogP contribution in [0.25, 0.3) is 10.8 Å². The quantitative estimate of drug-likeness (QED) is 0.655. The Labute approximate surface area is 140 Å². The second kappa shape index (κ2) is 6.29. The van der Waals surface area contributed by atoms with E-state index in [4.69, 9.17) is 16.6 Å². The van der Waals surface area contributed by atoms with E-state index in [-0.39, 0.29) is 10.9 Å². The molecule has 1 aromatic heterocycles. The second-order valence-corrected chi connectivity index (χ2v) is 5.73. The molecule has 6 heteroatoms. The second-order valence-electron chi connectivity index (χ2n) is 4.54. The van der Waals surface area contributed by atoms with Gasteiger partial charge in [0.1, 0.15) is 0 Å². The third-order valence-corrected chi connectivity index (χ3v) is 3.69. The Morgan fingerprint density at radius 3 is 2.59 bits per heavy atom. The summed E-state index contributed by atoms with van der Waals surface area (Å²) >= 11 is 8.34. The van der Waals surface area contributed by atoms with Crippen LogP contribution in [0.4, 0.5) is 5.69 Å². The van der Waals surface area contributed by atoms with Gasteiger partial charge in [0.2, 0.25) is 0 Å². The lowest BCUT2D eigenvalue weighted by atomic mass is 10.1. The largest absolute Gasteiger partial charge is 0.444 e. The number of furan rings is 1. The molecule has 1 heterocycles. The summed E-state index contributed by atoms with van der Waals surface area (Å²) < 4.78 is 5.68. The molecule has 0 spiro atoms. The minimum Gasteiger partial charge on any atom is -0.444 e. The van der Waals surface area contributed by atoms with Crippen LogP contribution in [-0.4, -0.2) is 11.0 Å². The fourth-order valence-electron chi connectivity index (χ4n) is 2.09. The van der Waals surface area contributed by atoms with Crippen molar-refractivity contribution in [3.8, 4) is 0 Å². The minimum absolute atomic E-state index is 0.189. The zero-order chi connectivity index (χ0) is 15.5. The van der Waals surface area contributed by atoms with Crippen LogP contribution in [0.2, 0.25) is 0 Å². The Kier molecular flexibility index (Phi) is 4.22. The number of nitrogens with one attached hydrogen (secondary N) is 2. The van der Waals surface area contributed by atoms with E-state index >= 15 is 0 Å². The highest BCUT2D eigenvalue weighted by molar-refractivity contribution is 9.10. The van der Waals surface area contributed by atoms with Crippen molar-refractivity contribution in [2.45, 2.75) is 0 Å². The zero-order valence-electron chi connectivity index (χ0n) is 11.3. The molecule has 0 radical (unpaired) electrons. The number of hydrogen-bond acceptors (Lipinski definition) is 3. The first kappa shape index (κ1) is 14.7.